The van der Waals surface area contributed by atoms with Gasteiger partial charge < -0.3 is 4.74 Å². The largest absolute Gasteiger partial charge is 0.488 e. The van der Waals surface area contributed by atoms with Crippen LogP contribution in [0.2, 0.25) is 0 Å². The molecule has 0 aliphatic carbocycles. The van der Waals surface area contributed by atoms with Gasteiger partial charge in [-0.1, -0.05) is 96.1 Å². The average Bonchev–Trinajstić information content (AvgIpc) is 3.57. The van der Waals surface area contributed by atoms with Crippen LogP contribution in [-0.2, 0) is 6.61 Å². The van der Waals surface area contributed by atoms with Crippen molar-refractivity contribution in [2.24, 2.45) is 0 Å². The maximum absolute atomic E-state index is 13.6. The Kier molecular flexibility index (Phi) is 7.54. The first-order chi connectivity index (χ1) is 20.4. The molecule has 6 aromatic rings. The maximum atomic E-state index is 13.6. The summed E-state index contributed by atoms with van der Waals surface area (Å²) in [5.74, 6) is -0.0492. The second kappa shape index (κ2) is 11.6. The SMILES string of the molecule is Cc1ccc(-c2[nH][nH]c(=O)c2C(c2ccc(OCc3ccccc3)c(Br)c2)c2c(-c3ccc(C)cc3)[nH][nH]c2=O)cc1. The Balaban J connectivity index is 1.51. The first-order valence-electron chi connectivity index (χ1n) is 13.6. The third-order valence-electron chi connectivity index (χ3n) is 7.41. The van der Waals surface area contributed by atoms with Crippen LogP contribution < -0.4 is 15.9 Å². The van der Waals surface area contributed by atoms with Crippen molar-refractivity contribution in [2.45, 2.75) is 26.4 Å². The topological polar surface area (TPSA) is 107 Å². The van der Waals surface area contributed by atoms with Crippen LogP contribution in [0.25, 0.3) is 22.5 Å². The Morgan fingerprint density at radius 1 is 0.667 bits per heavy atom. The van der Waals surface area contributed by atoms with Gasteiger partial charge in [0.15, 0.2) is 0 Å². The summed E-state index contributed by atoms with van der Waals surface area (Å²) in [4.78, 5) is 27.1. The van der Waals surface area contributed by atoms with Gasteiger partial charge in [0.25, 0.3) is 11.1 Å². The number of aryl methyl sites for hydroxylation is 2. The summed E-state index contributed by atoms with van der Waals surface area (Å²) in [5, 5.41) is 11.7. The van der Waals surface area contributed by atoms with Gasteiger partial charge in [0.2, 0.25) is 0 Å². The van der Waals surface area contributed by atoms with Gasteiger partial charge in [-0.3, -0.25) is 30.0 Å². The van der Waals surface area contributed by atoms with Gasteiger partial charge in [-0.25, -0.2) is 0 Å². The Hall–Kier alpha value is -4.82. The average molecular weight is 622 g/mol. The summed E-state index contributed by atoms with van der Waals surface area (Å²) < 4.78 is 6.82. The fraction of sp³-hybridized carbons (Fsp3) is 0.118. The minimum atomic E-state index is -0.706. The van der Waals surface area contributed by atoms with Crippen molar-refractivity contribution in [3.05, 3.63) is 156 Å². The van der Waals surface area contributed by atoms with E-state index < -0.39 is 5.92 Å². The van der Waals surface area contributed by atoms with Gasteiger partial charge in [0.05, 0.1) is 27.0 Å². The maximum Gasteiger partial charge on any atom is 0.268 e. The lowest BCUT2D eigenvalue weighted by Crippen LogP contribution is -2.20. The van der Waals surface area contributed by atoms with Crippen molar-refractivity contribution < 1.29 is 4.74 Å². The molecule has 0 atom stereocenters. The van der Waals surface area contributed by atoms with E-state index in [1.807, 2.05) is 111 Å². The minimum absolute atomic E-state index is 0.299. The number of H-pyrrole nitrogens is 4. The summed E-state index contributed by atoms with van der Waals surface area (Å²) in [6.07, 6.45) is 0. The first kappa shape index (κ1) is 27.4. The van der Waals surface area contributed by atoms with E-state index in [9.17, 15) is 9.59 Å². The highest BCUT2D eigenvalue weighted by molar-refractivity contribution is 9.10. The number of benzene rings is 4. The molecule has 4 aromatic carbocycles. The van der Waals surface area contributed by atoms with Gasteiger partial charge in [-0.05, 0) is 64.2 Å². The fourth-order valence-electron chi connectivity index (χ4n) is 5.21. The first-order valence-corrected chi connectivity index (χ1v) is 14.4. The zero-order valence-corrected chi connectivity index (χ0v) is 24.7. The molecule has 0 spiro atoms. The molecule has 210 valence electrons. The number of aromatic nitrogens is 4. The molecular weight excluding hydrogens is 592 g/mol. The zero-order chi connectivity index (χ0) is 29.2. The smallest absolute Gasteiger partial charge is 0.268 e. The predicted molar refractivity (Wildman–Crippen MR) is 169 cm³/mol. The molecular formula is C34H29BrN4O3. The number of ether oxygens (including phenoxy) is 1. The lowest BCUT2D eigenvalue weighted by atomic mass is 9.83. The zero-order valence-electron chi connectivity index (χ0n) is 23.1. The van der Waals surface area contributed by atoms with Crippen LogP contribution in [0.1, 0.15) is 39.3 Å². The Bertz CT molecular complexity index is 1850. The molecule has 2 heterocycles. The Morgan fingerprint density at radius 2 is 1.19 bits per heavy atom. The third kappa shape index (κ3) is 5.41. The van der Waals surface area contributed by atoms with Gasteiger partial charge in [0, 0.05) is 5.92 Å². The highest BCUT2D eigenvalue weighted by Crippen LogP contribution is 2.40. The van der Waals surface area contributed by atoms with E-state index in [2.05, 4.69) is 36.3 Å². The van der Waals surface area contributed by atoms with Crippen LogP contribution >= 0.6 is 15.9 Å². The van der Waals surface area contributed by atoms with E-state index in [0.717, 1.165) is 33.4 Å². The molecule has 8 heteroatoms. The number of hydrogen-bond donors (Lipinski definition) is 4. The number of hydrogen-bond acceptors (Lipinski definition) is 3. The second-order valence-electron chi connectivity index (χ2n) is 10.4. The molecule has 0 amide bonds. The van der Waals surface area contributed by atoms with Crippen LogP contribution in [0.3, 0.4) is 0 Å². The van der Waals surface area contributed by atoms with Crippen molar-refractivity contribution in [1.29, 1.82) is 0 Å². The van der Waals surface area contributed by atoms with E-state index in [-0.39, 0.29) is 11.1 Å². The molecule has 6 rings (SSSR count). The van der Waals surface area contributed by atoms with Crippen LogP contribution in [0.5, 0.6) is 5.75 Å². The van der Waals surface area contributed by atoms with Crippen molar-refractivity contribution in [3.63, 3.8) is 0 Å². The van der Waals surface area contributed by atoms with Crippen molar-refractivity contribution in [1.82, 2.24) is 20.4 Å². The molecule has 42 heavy (non-hydrogen) atoms. The van der Waals surface area contributed by atoms with E-state index in [4.69, 9.17) is 4.74 Å². The third-order valence-corrected chi connectivity index (χ3v) is 8.03. The van der Waals surface area contributed by atoms with Crippen LogP contribution in [0.4, 0.5) is 0 Å². The molecule has 0 aliphatic heterocycles. The molecule has 7 nitrogen and oxygen atoms in total. The molecule has 0 unspecified atom stereocenters. The lowest BCUT2D eigenvalue weighted by molar-refractivity contribution is 0.304. The summed E-state index contributed by atoms with van der Waals surface area (Å²) in [6, 6.07) is 31.5. The minimum Gasteiger partial charge on any atom is -0.488 e. The molecule has 0 fully saturated rings. The molecule has 0 aliphatic rings. The van der Waals surface area contributed by atoms with Gasteiger partial charge in [0.1, 0.15) is 12.4 Å². The standard InChI is InChI=1S/C34H29BrN4O3/c1-20-8-12-23(13-9-20)31-29(33(40)38-36-31)28(30-32(37-39-34(30)41)24-14-10-21(2)11-15-24)25-16-17-27(26(35)18-25)42-19-22-6-4-3-5-7-22/h3-18,28H,19H2,1-2H3,(H2,36,38,40)(H2,37,39,41). The van der Waals surface area contributed by atoms with Crippen LogP contribution in [-0.4, -0.2) is 20.4 Å². The van der Waals surface area contributed by atoms with Crippen molar-refractivity contribution >= 4 is 15.9 Å². The van der Waals surface area contributed by atoms with E-state index in [1.165, 1.54) is 0 Å². The molecule has 4 N–H and O–H groups in total. The van der Waals surface area contributed by atoms with Gasteiger partial charge in [-0.2, -0.15) is 0 Å². The number of rotatable bonds is 8. The summed E-state index contributed by atoms with van der Waals surface area (Å²) >= 11 is 3.68. The van der Waals surface area contributed by atoms with E-state index >= 15 is 0 Å². The molecule has 2 aromatic heterocycles. The number of aromatic amines is 4. The van der Waals surface area contributed by atoms with Gasteiger partial charge >= 0.3 is 0 Å². The normalized spacial score (nSPS) is 11.2. The summed E-state index contributed by atoms with van der Waals surface area (Å²) in [7, 11) is 0. The number of nitrogens with one attached hydrogen (secondary N) is 4. The molecule has 0 radical (unpaired) electrons. The molecule has 0 bridgehead atoms. The predicted octanol–water partition coefficient (Wildman–Crippen LogP) is 7.19. The highest BCUT2D eigenvalue weighted by Gasteiger charge is 2.31. The Morgan fingerprint density at radius 3 is 1.69 bits per heavy atom. The Labute approximate surface area is 250 Å². The monoisotopic (exact) mass is 620 g/mol. The van der Waals surface area contributed by atoms with Crippen molar-refractivity contribution in [2.75, 3.05) is 0 Å². The quantitative estimate of drug-likeness (QED) is 0.145. The number of halogens is 1. The van der Waals surface area contributed by atoms with E-state index in [1.54, 1.807) is 0 Å². The second-order valence-corrected chi connectivity index (χ2v) is 11.2. The highest BCUT2D eigenvalue weighted by atomic mass is 79.9. The van der Waals surface area contributed by atoms with Crippen molar-refractivity contribution in [3.8, 4) is 28.3 Å². The van der Waals surface area contributed by atoms with Crippen LogP contribution in [0, 0.1) is 13.8 Å². The molecule has 0 saturated heterocycles. The summed E-state index contributed by atoms with van der Waals surface area (Å²) in [5.41, 5.74) is 7.24. The molecule has 0 saturated carbocycles. The lowest BCUT2D eigenvalue weighted by Gasteiger charge is -2.19. The van der Waals surface area contributed by atoms with E-state index in [0.29, 0.717) is 39.3 Å². The fourth-order valence-corrected chi connectivity index (χ4v) is 5.72. The summed E-state index contributed by atoms with van der Waals surface area (Å²) in [6.45, 7) is 4.44. The van der Waals surface area contributed by atoms with Crippen LogP contribution in [0.15, 0.2) is 111 Å². The van der Waals surface area contributed by atoms with Gasteiger partial charge in [-0.15, -0.1) is 0 Å².